The molecule has 1 saturated heterocycles. The molecule has 132 valence electrons. The van der Waals surface area contributed by atoms with Crippen LogP contribution in [0.15, 0.2) is 35.7 Å². The number of nitrogens with one attached hydrogen (secondary N) is 1. The summed E-state index contributed by atoms with van der Waals surface area (Å²) < 4.78 is 26.0. The van der Waals surface area contributed by atoms with Crippen LogP contribution in [0.5, 0.6) is 0 Å². The van der Waals surface area contributed by atoms with E-state index in [0.717, 1.165) is 12.1 Å². The van der Waals surface area contributed by atoms with Crippen molar-refractivity contribution in [1.82, 2.24) is 9.80 Å². The van der Waals surface area contributed by atoms with Gasteiger partial charge in [-0.1, -0.05) is 6.07 Å². The largest absolute Gasteiger partial charge is 0.335 e. The van der Waals surface area contributed by atoms with Gasteiger partial charge in [0.15, 0.2) is 11.6 Å². The van der Waals surface area contributed by atoms with Crippen LogP contribution in [0.2, 0.25) is 0 Å². The minimum Gasteiger partial charge on any atom is -0.335 e. The van der Waals surface area contributed by atoms with Gasteiger partial charge in [0.25, 0.3) is 5.91 Å². The van der Waals surface area contributed by atoms with Gasteiger partial charge in [0, 0.05) is 37.9 Å². The molecule has 0 saturated carbocycles. The minimum atomic E-state index is -1.00. The summed E-state index contributed by atoms with van der Waals surface area (Å²) >= 11 is 1.41. The predicted molar refractivity (Wildman–Crippen MR) is 91.7 cm³/mol. The molecule has 0 bridgehead atoms. The number of thiophene rings is 1. The van der Waals surface area contributed by atoms with Crippen LogP contribution < -0.4 is 5.32 Å². The summed E-state index contributed by atoms with van der Waals surface area (Å²) in [5.74, 6) is -2.24. The second-order valence-corrected chi connectivity index (χ2v) is 6.67. The number of carbonyl (C=O) groups is 2. The lowest BCUT2D eigenvalue weighted by atomic mass is 10.2. The number of rotatable bonds is 4. The number of benzene rings is 1. The molecular weight excluding hydrogens is 348 g/mol. The second kappa shape index (κ2) is 7.71. The van der Waals surface area contributed by atoms with Crippen molar-refractivity contribution < 1.29 is 18.4 Å². The van der Waals surface area contributed by atoms with Crippen LogP contribution in [-0.4, -0.2) is 54.3 Å². The average Bonchev–Trinajstić information content (AvgIpc) is 3.13. The molecule has 8 heteroatoms. The zero-order valence-electron chi connectivity index (χ0n) is 13.4. The smallest absolute Gasteiger partial charge is 0.264 e. The fraction of sp³-hybridized carbons (Fsp3) is 0.294. The van der Waals surface area contributed by atoms with Crippen LogP contribution in [0.25, 0.3) is 0 Å². The van der Waals surface area contributed by atoms with E-state index in [1.165, 1.54) is 17.4 Å². The van der Waals surface area contributed by atoms with Gasteiger partial charge in [-0.2, -0.15) is 0 Å². The molecule has 0 aliphatic carbocycles. The first-order valence-corrected chi connectivity index (χ1v) is 8.71. The standard InChI is InChI=1S/C17H17F2N3O2S/c18-13-4-3-12(10-14(13)19)20-16(23)11-21-5-7-22(8-6-21)17(24)15-2-1-9-25-15/h1-4,9-10H,5-8,11H2,(H,20,23). The Labute approximate surface area is 147 Å². The van der Waals surface area contributed by atoms with Crippen molar-refractivity contribution in [2.75, 3.05) is 38.0 Å². The molecule has 0 unspecified atom stereocenters. The highest BCUT2D eigenvalue weighted by atomic mass is 32.1. The SMILES string of the molecule is O=C(CN1CCN(C(=O)c2cccs2)CC1)Nc1ccc(F)c(F)c1. The molecule has 1 aliphatic heterocycles. The fourth-order valence-corrected chi connectivity index (χ4v) is 3.33. The third-order valence-electron chi connectivity index (χ3n) is 3.96. The number of anilines is 1. The maximum absolute atomic E-state index is 13.2. The highest BCUT2D eigenvalue weighted by molar-refractivity contribution is 7.12. The molecule has 5 nitrogen and oxygen atoms in total. The quantitative estimate of drug-likeness (QED) is 0.905. The van der Waals surface area contributed by atoms with E-state index in [1.54, 1.807) is 11.0 Å². The van der Waals surface area contributed by atoms with Gasteiger partial charge in [0.2, 0.25) is 5.91 Å². The van der Waals surface area contributed by atoms with Crippen molar-refractivity contribution in [3.8, 4) is 0 Å². The summed E-state index contributed by atoms with van der Waals surface area (Å²) in [6.45, 7) is 2.41. The van der Waals surface area contributed by atoms with Crippen molar-refractivity contribution in [3.05, 3.63) is 52.2 Å². The van der Waals surface area contributed by atoms with Crippen LogP contribution in [-0.2, 0) is 4.79 Å². The van der Waals surface area contributed by atoms with Crippen LogP contribution in [0.1, 0.15) is 9.67 Å². The van der Waals surface area contributed by atoms with E-state index in [9.17, 15) is 18.4 Å². The van der Waals surface area contributed by atoms with E-state index in [4.69, 9.17) is 0 Å². The lowest BCUT2D eigenvalue weighted by molar-refractivity contribution is -0.117. The molecule has 0 spiro atoms. The van der Waals surface area contributed by atoms with E-state index in [0.29, 0.717) is 31.1 Å². The molecule has 3 rings (SSSR count). The maximum atomic E-state index is 13.2. The molecule has 1 fully saturated rings. The zero-order valence-corrected chi connectivity index (χ0v) is 14.2. The third-order valence-corrected chi connectivity index (χ3v) is 4.82. The van der Waals surface area contributed by atoms with Gasteiger partial charge >= 0.3 is 0 Å². The van der Waals surface area contributed by atoms with E-state index < -0.39 is 11.6 Å². The van der Waals surface area contributed by atoms with E-state index >= 15 is 0 Å². The summed E-state index contributed by atoms with van der Waals surface area (Å²) in [6.07, 6.45) is 0. The van der Waals surface area contributed by atoms with Gasteiger partial charge in [-0.05, 0) is 23.6 Å². The Morgan fingerprint density at radius 1 is 1.08 bits per heavy atom. The van der Waals surface area contributed by atoms with Crippen LogP contribution in [0.4, 0.5) is 14.5 Å². The summed E-state index contributed by atoms with van der Waals surface area (Å²) in [5.41, 5.74) is 0.218. The number of amides is 2. The summed E-state index contributed by atoms with van der Waals surface area (Å²) in [5, 5.41) is 4.41. The molecule has 0 atom stereocenters. The topological polar surface area (TPSA) is 52.7 Å². The van der Waals surface area contributed by atoms with Crippen LogP contribution in [0, 0.1) is 11.6 Å². The van der Waals surface area contributed by atoms with Gasteiger partial charge in [-0.3, -0.25) is 14.5 Å². The summed E-state index contributed by atoms with van der Waals surface area (Å²) in [4.78, 5) is 28.7. The molecule has 2 amide bonds. The van der Waals surface area contributed by atoms with Crippen molar-refractivity contribution in [1.29, 1.82) is 0 Å². The van der Waals surface area contributed by atoms with E-state index in [1.807, 2.05) is 16.3 Å². The Balaban J connectivity index is 1.47. The number of halogens is 2. The van der Waals surface area contributed by atoms with Crippen molar-refractivity contribution in [2.45, 2.75) is 0 Å². The molecule has 1 aromatic heterocycles. The first kappa shape index (κ1) is 17.5. The normalized spacial score (nSPS) is 15.2. The van der Waals surface area contributed by atoms with Crippen molar-refractivity contribution >= 4 is 28.8 Å². The summed E-state index contributed by atoms with van der Waals surface area (Å²) in [6, 6.07) is 6.88. The third kappa shape index (κ3) is 4.40. The highest BCUT2D eigenvalue weighted by Gasteiger charge is 2.23. The molecule has 0 radical (unpaired) electrons. The first-order chi connectivity index (χ1) is 12.0. The number of hydrogen-bond acceptors (Lipinski definition) is 4. The van der Waals surface area contributed by atoms with Crippen LogP contribution in [0.3, 0.4) is 0 Å². The van der Waals surface area contributed by atoms with Gasteiger partial charge < -0.3 is 10.2 Å². The Bertz CT molecular complexity index is 759. The van der Waals surface area contributed by atoms with Gasteiger partial charge in [0.1, 0.15) is 0 Å². The Morgan fingerprint density at radius 2 is 1.84 bits per heavy atom. The molecule has 1 N–H and O–H groups in total. The van der Waals surface area contributed by atoms with E-state index in [2.05, 4.69) is 5.32 Å². The second-order valence-electron chi connectivity index (χ2n) is 5.72. The lowest BCUT2D eigenvalue weighted by Gasteiger charge is -2.34. The molecule has 2 heterocycles. The number of carbonyl (C=O) groups excluding carboxylic acids is 2. The lowest BCUT2D eigenvalue weighted by Crippen LogP contribution is -2.50. The maximum Gasteiger partial charge on any atom is 0.264 e. The Kier molecular flexibility index (Phi) is 5.40. The molecule has 2 aromatic rings. The summed E-state index contributed by atoms with van der Waals surface area (Å²) in [7, 11) is 0. The fourth-order valence-electron chi connectivity index (χ4n) is 2.64. The average molecular weight is 365 g/mol. The first-order valence-electron chi connectivity index (χ1n) is 7.83. The predicted octanol–water partition coefficient (Wildman–Crippen LogP) is 2.42. The van der Waals surface area contributed by atoms with Crippen molar-refractivity contribution in [2.24, 2.45) is 0 Å². The van der Waals surface area contributed by atoms with Crippen molar-refractivity contribution in [3.63, 3.8) is 0 Å². The Morgan fingerprint density at radius 3 is 2.48 bits per heavy atom. The van der Waals surface area contributed by atoms with Gasteiger partial charge in [0.05, 0.1) is 11.4 Å². The van der Waals surface area contributed by atoms with Crippen LogP contribution >= 0.6 is 11.3 Å². The van der Waals surface area contributed by atoms with Gasteiger partial charge in [-0.15, -0.1) is 11.3 Å². The molecule has 1 aliphatic rings. The highest BCUT2D eigenvalue weighted by Crippen LogP contribution is 2.15. The monoisotopic (exact) mass is 365 g/mol. The zero-order chi connectivity index (χ0) is 17.8. The molecular formula is C17H17F2N3O2S. The molecule has 25 heavy (non-hydrogen) atoms. The number of hydrogen-bond donors (Lipinski definition) is 1. The molecule has 1 aromatic carbocycles. The number of nitrogens with zero attached hydrogens (tertiary/aromatic N) is 2. The van der Waals surface area contributed by atoms with E-state index in [-0.39, 0.29) is 24.0 Å². The Hall–Kier alpha value is -2.32. The number of piperazine rings is 1. The minimum absolute atomic E-state index is 0.0147. The van der Waals surface area contributed by atoms with Gasteiger partial charge in [-0.25, -0.2) is 8.78 Å².